The highest BCUT2D eigenvalue weighted by Crippen LogP contribution is 2.33. The number of aromatic nitrogens is 1. The smallest absolute Gasteiger partial charge is 0.267 e. The quantitative estimate of drug-likeness (QED) is 0.581. The van der Waals surface area contributed by atoms with Crippen LogP contribution >= 0.6 is 38.9 Å². The van der Waals surface area contributed by atoms with Crippen LogP contribution in [0, 0.1) is 0 Å². The summed E-state index contributed by atoms with van der Waals surface area (Å²) in [5.41, 5.74) is 1.35. The maximum atomic E-state index is 12.7. The van der Waals surface area contributed by atoms with Gasteiger partial charge >= 0.3 is 0 Å². The lowest BCUT2D eigenvalue weighted by Gasteiger charge is -2.10. The summed E-state index contributed by atoms with van der Waals surface area (Å²) in [4.78, 5) is 4.35. The van der Waals surface area contributed by atoms with Crippen molar-refractivity contribution in [2.75, 3.05) is 11.8 Å². The van der Waals surface area contributed by atoms with Gasteiger partial charge in [0.2, 0.25) is 0 Å². The van der Waals surface area contributed by atoms with E-state index in [2.05, 4.69) is 25.6 Å². The molecule has 0 saturated carbocycles. The normalized spacial score (nSPS) is 11.3. The number of benzene rings is 2. The number of ether oxygens (including phenoxy) is 1. The number of halogens is 2. The molecule has 2 aromatic carbocycles. The molecule has 1 N–H and O–H groups in total. The van der Waals surface area contributed by atoms with Crippen molar-refractivity contribution in [2.24, 2.45) is 0 Å². The van der Waals surface area contributed by atoms with E-state index in [1.165, 1.54) is 24.5 Å². The summed E-state index contributed by atoms with van der Waals surface area (Å²) < 4.78 is 33.6. The van der Waals surface area contributed by atoms with Gasteiger partial charge in [-0.2, -0.15) is 0 Å². The van der Waals surface area contributed by atoms with Crippen molar-refractivity contribution in [2.45, 2.75) is 4.90 Å². The van der Waals surface area contributed by atoms with Gasteiger partial charge in [-0.05, 0) is 24.3 Å². The molecule has 1 aromatic heterocycles. The minimum atomic E-state index is -3.85. The predicted molar refractivity (Wildman–Crippen MR) is 104 cm³/mol. The number of nitrogens with one attached hydrogen (secondary N) is 1. The van der Waals surface area contributed by atoms with E-state index < -0.39 is 10.0 Å². The molecule has 3 aromatic rings. The molecule has 0 fully saturated rings. The van der Waals surface area contributed by atoms with E-state index in [-0.39, 0.29) is 15.8 Å². The Bertz CT molecular complexity index is 1020. The fraction of sp³-hybridized carbons (Fsp3) is 0.0625. The van der Waals surface area contributed by atoms with Gasteiger partial charge in [0, 0.05) is 20.4 Å². The largest absolute Gasteiger partial charge is 0.495 e. The fourth-order valence-corrected chi connectivity index (χ4v) is 5.05. The molecule has 0 atom stereocenters. The first-order valence-corrected chi connectivity index (χ1v) is 10.5. The Hall–Kier alpha value is -1.61. The van der Waals surface area contributed by atoms with Crippen molar-refractivity contribution in [3.8, 4) is 17.0 Å². The zero-order valence-electron chi connectivity index (χ0n) is 12.9. The average Bonchev–Trinajstić information content (AvgIpc) is 3.02. The number of hydrogen-bond acceptors (Lipinski definition) is 5. The number of nitrogens with zero attached hydrogens (tertiary/aromatic N) is 1. The van der Waals surface area contributed by atoms with Crippen LogP contribution in [0.25, 0.3) is 11.3 Å². The molecule has 1 heterocycles. The topological polar surface area (TPSA) is 68.3 Å². The van der Waals surface area contributed by atoms with Gasteiger partial charge in [0.25, 0.3) is 10.0 Å². The Morgan fingerprint density at radius 3 is 2.72 bits per heavy atom. The first-order valence-electron chi connectivity index (χ1n) is 6.97. The maximum Gasteiger partial charge on any atom is 0.267 e. The minimum Gasteiger partial charge on any atom is -0.495 e. The summed E-state index contributed by atoms with van der Waals surface area (Å²) in [6, 6.07) is 12.0. The summed E-state index contributed by atoms with van der Waals surface area (Å²) >= 11 is 10.6. The molecule has 3 rings (SSSR count). The molecule has 0 aliphatic heterocycles. The SMILES string of the molecule is COc1ccc(Br)cc1S(=O)(=O)Nc1nc(-c2ccccc2Cl)cs1. The van der Waals surface area contributed by atoms with Crippen LogP contribution < -0.4 is 9.46 Å². The van der Waals surface area contributed by atoms with E-state index in [1.807, 2.05) is 18.2 Å². The Morgan fingerprint density at radius 2 is 2.00 bits per heavy atom. The zero-order chi connectivity index (χ0) is 18.0. The Kier molecular flexibility index (Phi) is 5.33. The highest BCUT2D eigenvalue weighted by atomic mass is 79.9. The molecule has 0 bridgehead atoms. The van der Waals surface area contributed by atoms with Crippen molar-refractivity contribution in [1.82, 2.24) is 4.98 Å². The van der Waals surface area contributed by atoms with Crippen LogP contribution in [-0.4, -0.2) is 20.5 Å². The molecule has 5 nitrogen and oxygen atoms in total. The lowest BCUT2D eigenvalue weighted by molar-refractivity contribution is 0.403. The van der Waals surface area contributed by atoms with Crippen molar-refractivity contribution < 1.29 is 13.2 Å². The van der Waals surface area contributed by atoms with Crippen LogP contribution in [0.2, 0.25) is 5.02 Å². The highest BCUT2D eigenvalue weighted by Gasteiger charge is 2.21. The van der Waals surface area contributed by atoms with Crippen molar-refractivity contribution >= 4 is 54.0 Å². The Labute approximate surface area is 162 Å². The van der Waals surface area contributed by atoms with Crippen molar-refractivity contribution in [3.63, 3.8) is 0 Å². The van der Waals surface area contributed by atoms with Gasteiger partial charge in [-0.1, -0.05) is 45.7 Å². The summed E-state index contributed by atoms with van der Waals surface area (Å²) in [6.45, 7) is 0. The van der Waals surface area contributed by atoms with E-state index in [1.54, 1.807) is 23.6 Å². The highest BCUT2D eigenvalue weighted by molar-refractivity contribution is 9.10. The van der Waals surface area contributed by atoms with Gasteiger partial charge < -0.3 is 4.74 Å². The molecule has 0 radical (unpaired) electrons. The molecular formula is C16H12BrClN2O3S2. The summed E-state index contributed by atoms with van der Waals surface area (Å²) in [5, 5.41) is 2.55. The van der Waals surface area contributed by atoms with Gasteiger partial charge in [0.1, 0.15) is 10.6 Å². The van der Waals surface area contributed by atoms with Crippen molar-refractivity contribution in [1.29, 1.82) is 0 Å². The fourth-order valence-electron chi connectivity index (χ4n) is 2.14. The second kappa shape index (κ2) is 7.33. The third kappa shape index (κ3) is 3.98. The lowest BCUT2D eigenvalue weighted by atomic mass is 10.2. The molecule has 0 aliphatic carbocycles. The number of anilines is 1. The molecular weight excluding hydrogens is 448 g/mol. The summed E-state index contributed by atoms with van der Waals surface area (Å²) in [5.74, 6) is 0.249. The molecule has 25 heavy (non-hydrogen) atoms. The van der Waals surface area contributed by atoms with Crippen LogP contribution in [0.5, 0.6) is 5.75 Å². The number of rotatable bonds is 5. The molecule has 0 spiro atoms. The van der Waals surface area contributed by atoms with Gasteiger partial charge in [-0.15, -0.1) is 11.3 Å². The Balaban J connectivity index is 1.93. The third-order valence-corrected chi connectivity index (χ3v) is 6.36. The van der Waals surface area contributed by atoms with Gasteiger partial charge in [0.05, 0.1) is 12.8 Å². The standard InChI is InChI=1S/C16H12BrClN2O3S2/c1-23-14-7-6-10(17)8-15(14)25(21,22)20-16-19-13(9-24-16)11-4-2-3-5-12(11)18/h2-9H,1H3,(H,19,20). The predicted octanol–water partition coefficient (Wildman–Crippen LogP) is 5.04. The molecule has 9 heteroatoms. The number of thiazole rings is 1. The van der Waals surface area contributed by atoms with Gasteiger partial charge in [0.15, 0.2) is 5.13 Å². The van der Waals surface area contributed by atoms with E-state index in [4.69, 9.17) is 16.3 Å². The van der Waals surface area contributed by atoms with Crippen molar-refractivity contribution in [3.05, 3.63) is 57.3 Å². The number of methoxy groups -OCH3 is 1. The Morgan fingerprint density at radius 1 is 1.24 bits per heavy atom. The van der Waals surface area contributed by atoms with E-state index in [0.29, 0.717) is 15.2 Å². The van der Waals surface area contributed by atoms with Crippen LogP contribution in [0.4, 0.5) is 5.13 Å². The van der Waals surface area contributed by atoms with Crippen LogP contribution in [0.1, 0.15) is 0 Å². The molecule has 0 aliphatic rings. The van der Waals surface area contributed by atoms with Crippen LogP contribution in [-0.2, 0) is 10.0 Å². The second-order valence-corrected chi connectivity index (χ2v) is 8.75. The third-order valence-electron chi connectivity index (χ3n) is 3.29. The van der Waals surface area contributed by atoms with E-state index in [0.717, 1.165) is 5.56 Å². The number of hydrogen-bond donors (Lipinski definition) is 1. The van der Waals surface area contributed by atoms with Crippen LogP contribution in [0.3, 0.4) is 0 Å². The lowest BCUT2D eigenvalue weighted by Crippen LogP contribution is -2.14. The zero-order valence-corrected chi connectivity index (χ0v) is 16.8. The average molecular weight is 460 g/mol. The number of sulfonamides is 1. The second-order valence-electron chi connectivity index (χ2n) is 4.92. The maximum absolute atomic E-state index is 12.7. The minimum absolute atomic E-state index is 0.0267. The van der Waals surface area contributed by atoms with Gasteiger partial charge in [-0.25, -0.2) is 13.4 Å². The van der Waals surface area contributed by atoms with Gasteiger partial charge in [-0.3, -0.25) is 4.72 Å². The molecule has 0 amide bonds. The van der Waals surface area contributed by atoms with E-state index >= 15 is 0 Å². The summed E-state index contributed by atoms with van der Waals surface area (Å²) in [7, 11) is -2.43. The molecule has 0 saturated heterocycles. The van der Waals surface area contributed by atoms with E-state index in [9.17, 15) is 8.42 Å². The van der Waals surface area contributed by atoms with Crippen LogP contribution in [0.15, 0.2) is 57.2 Å². The molecule has 0 unspecified atom stereocenters. The first-order chi connectivity index (χ1) is 11.9. The first kappa shape index (κ1) is 18.2. The summed E-state index contributed by atoms with van der Waals surface area (Å²) in [6.07, 6.45) is 0. The monoisotopic (exact) mass is 458 g/mol. The molecule has 130 valence electrons.